The van der Waals surface area contributed by atoms with Crippen molar-refractivity contribution in [3.63, 3.8) is 0 Å². The highest BCUT2D eigenvalue weighted by atomic mass is 16.5. The second-order valence-corrected chi connectivity index (χ2v) is 4.99. The molecule has 2 rings (SSSR count). The zero-order valence-electron chi connectivity index (χ0n) is 11.6. The Labute approximate surface area is 114 Å². The summed E-state index contributed by atoms with van der Waals surface area (Å²) in [6.45, 7) is 5.95. The van der Waals surface area contributed by atoms with Crippen LogP contribution in [0.25, 0.3) is 0 Å². The molecule has 1 N–H and O–H groups in total. The lowest BCUT2D eigenvalue weighted by molar-refractivity contribution is 0.0467. The van der Waals surface area contributed by atoms with Crippen LogP contribution >= 0.6 is 0 Å². The van der Waals surface area contributed by atoms with Crippen LogP contribution in [0.2, 0.25) is 0 Å². The Morgan fingerprint density at radius 2 is 1.32 bits per heavy atom. The minimum absolute atomic E-state index is 0.287. The van der Waals surface area contributed by atoms with Gasteiger partial charge >= 0.3 is 0 Å². The van der Waals surface area contributed by atoms with Gasteiger partial charge in [-0.1, -0.05) is 47.5 Å². The molecule has 0 spiro atoms. The summed E-state index contributed by atoms with van der Waals surface area (Å²) in [6, 6.07) is 15.7. The summed E-state index contributed by atoms with van der Waals surface area (Å²) < 4.78 is 5.77. The van der Waals surface area contributed by atoms with Crippen LogP contribution < -0.4 is 4.74 Å². The number of hydrogen-bond acceptors (Lipinski definition) is 2. The normalized spacial score (nSPS) is 13.9. The predicted octanol–water partition coefficient (Wildman–Crippen LogP) is 3.80. The number of ether oxygens (including phenoxy) is 1. The lowest BCUT2D eigenvalue weighted by Gasteiger charge is -2.21. The topological polar surface area (TPSA) is 29.5 Å². The van der Waals surface area contributed by atoms with Gasteiger partial charge in [-0.05, 0) is 38.5 Å². The number of aliphatic hydroxyl groups excluding tert-OH is 1. The Bertz CT molecular complexity index is 514. The van der Waals surface area contributed by atoms with Crippen LogP contribution in [-0.2, 0) is 0 Å². The lowest BCUT2D eigenvalue weighted by Crippen LogP contribution is -2.21. The SMILES string of the molecule is Cc1ccc(OC(C)C(O)c2ccc(C)cc2)cc1. The molecule has 0 amide bonds. The smallest absolute Gasteiger partial charge is 0.126 e. The number of benzene rings is 2. The molecule has 0 saturated carbocycles. The molecule has 0 saturated heterocycles. The number of hydrogen-bond donors (Lipinski definition) is 1. The molecule has 0 aromatic heterocycles. The average molecular weight is 256 g/mol. The van der Waals surface area contributed by atoms with Crippen LogP contribution in [0, 0.1) is 13.8 Å². The molecular formula is C17H20O2. The molecule has 0 aliphatic rings. The van der Waals surface area contributed by atoms with E-state index in [4.69, 9.17) is 4.74 Å². The van der Waals surface area contributed by atoms with Crippen molar-refractivity contribution in [2.75, 3.05) is 0 Å². The maximum atomic E-state index is 10.3. The summed E-state index contributed by atoms with van der Waals surface area (Å²) in [5.41, 5.74) is 3.26. The van der Waals surface area contributed by atoms with E-state index < -0.39 is 6.10 Å². The fourth-order valence-corrected chi connectivity index (χ4v) is 1.93. The molecule has 19 heavy (non-hydrogen) atoms. The minimum atomic E-state index is -0.623. The third kappa shape index (κ3) is 3.58. The van der Waals surface area contributed by atoms with E-state index in [1.54, 1.807) is 0 Å². The summed E-state index contributed by atoms with van der Waals surface area (Å²) in [4.78, 5) is 0. The van der Waals surface area contributed by atoms with Crippen LogP contribution in [-0.4, -0.2) is 11.2 Å². The molecule has 2 aromatic rings. The summed E-state index contributed by atoms with van der Waals surface area (Å²) in [6.07, 6.45) is -0.910. The summed E-state index contributed by atoms with van der Waals surface area (Å²) >= 11 is 0. The Balaban J connectivity index is 2.04. The van der Waals surface area contributed by atoms with Gasteiger partial charge in [0.2, 0.25) is 0 Å². The highest BCUT2D eigenvalue weighted by Crippen LogP contribution is 2.22. The van der Waals surface area contributed by atoms with Crippen LogP contribution in [0.1, 0.15) is 29.7 Å². The lowest BCUT2D eigenvalue weighted by atomic mass is 10.0. The quantitative estimate of drug-likeness (QED) is 0.901. The highest BCUT2D eigenvalue weighted by Gasteiger charge is 2.17. The molecule has 0 bridgehead atoms. The monoisotopic (exact) mass is 256 g/mol. The van der Waals surface area contributed by atoms with Gasteiger partial charge in [-0.2, -0.15) is 0 Å². The fourth-order valence-electron chi connectivity index (χ4n) is 1.93. The Morgan fingerprint density at radius 3 is 1.84 bits per heavy atom. The predicted molar refractivity (Wildman–Crippen MR) is 77.4 cm³/mol. The molecule has 2 heteroatoms. The third-order valence-electron chi connectivity index (χ3n) is 3.21. The summed E-state index contributed by atoms with van der Waals surface area (Å²) in [5, 5.41) is 10.3. The first-order valence-electron chi connectivity index (χ1n) is 6.54. The van der Waals surface area contributed by atoms with Crippen LogP contribution in [0.5, 0.6) is 5.75 Å². The maximum Gasteiger partial charge on any atom is 0.126 e. The molecule has 0 heterocycles. The van der Waals surface area contributed by atoms with E-state index in [1.165, 1.54) is 11.1 Å². The summed E-state index contributed by atoms with van der Waals surface area (Å²) in [5.74, 6) is 0.782. The number of aliphatic hydroxyl groups is 1. The van der Waals surface area contributed by atoms with E-state index in [9.17, 15) is 5.11 Å². The van der Waals surface area contributed by atoms with E-state index in [2.05, 4.69) is 0 Å². The van der Waals surface area contributed by atoms with Gasteiger partial charge in [0.15, 0.2) is 0 Å². The van der Waals surface area contributed by atoms with Gasteiger partial charge in [-0.3, -0.25) is 0 Å². The van der Waals surface area contributed by atoms with Gasteiger partial charge in [-0.25, -0.2) is 0 Å². The Morgan fingerprint density at radius 1 is 0.842 bits per heavy atom. The molecule has 0 fully saturated rings. The highest BCUT2D eigenvalue weighted by molar-refractivity contribution is 5.27. The van der Waals surface area contributed by atoms with Crippen LogP contribution in [0.3, 0.4) is 0 Å². The van der Waals surface area contributed by atoms with Crippen LogP contribution in [0.4, 0.5) is 0 Å². The standard InChI is InChI=1S/C17H20O2/c1-12-4-8-15(9-5-12)17(18)14(3)19-16-10-6-13(2)7-11-16/h4-11,14,17-18H,1-3H3. The second-order valence-electron chi connectivity index (χ2n) is 4.99. The molecular weight excluding hydrogens is 236 g/mol. The van der Waals surface area contributed by atoms with Gasteiger partial charge in [-0.15, -0.1) is 0 Å². The molecule has 2 nitrogen and oxygen atoms in total. The Kier molecular flexibility index (Phi) is 4.23. The van der Waals surface area contributed by atoms with Gasteiger partial charge < -0.3 is 9.84 Å². The largest absolute Gasteiger partial charge is 0.488 e. The molecule has 100 valence electrons. The van der Waals surface area contributed by atoms with Crippen LogP contribution in [0.15, 0.2) is 48.5 Å². The van der Waals surface area contributed by atoms with Crippen molar-refractivity contribution in [2.24, 2.45) is 0 Å². The zero-order chi connectivity index (χ0) is 13.8. The number of aryl methyl sites for hydroxylation is 2. The van der Waals surface area contributed by atoms with E-state index in [0.29, 0.717) is 0 Å². The van der Waals surface area contributed by atoms with Crippen molar-refractivity contribution in [1.82, 2.24) is 0 Å². The summed E-state index contributed by atoms with van der Waals surface area (Å²) in [7, 11) is 0. The zero-order valence-corrected chi connectivity index (χ0v) is 11.6. The van der Waals surface area contributed by atoms with Crippen molar-refractivity contribution in [3.05, 3.63) is 65.2 Å². The molecule has 0 aliphatic carbocycles. The molecule has 0 aliphatic heterocycles. The first kappa shape index (κ1) is 13.6. The van der Waals surface area contributed by atoms with E-state index >= 15 is 0 Å². The van der Waals surface area contributed by atoms with Gasteiger partial charge in [0.05, 0.1) is 0 Å². The van der Waals surface area contributed by atoms with Crippen molar-refractivity contribution in [1.29, 1.82) is 0 Å². The van der Waals surface area contributed by atoms with Crippen molar-refractivity contribution in [2.45, 2.75) is 33.0 Å². The van der Waals surface area contributed by atoms with Crippen molar-refractivity contribution in [3.8, 4) is 5.75 Å². The first-order valence-corrected chi connectivity index (χ1v) is 6.54. The second kappa shape index (κ2) is 5.89. The molecule has 0 radical (unpaired) electrons. The minimum Gasteiger partial charge on any atom is -0.488 e. The van der Waals surface area contributed by atoms with Crippen molar-refractivity contribution >= 4 is 0 Å². The third-order valence-corrected chi connectivity index (χ3v) is 3.21. The van der Waals surface area contributed by atoms with Gasteiger partial charge in [0, 0.05) is 0 Å². The van der Waals surface area contributed by atoms with Gasteiger partial charge in [0.1, 0.15) is 18.0 Å². The fraction of sp³-hybridized carbons (Fsp3) is 0.294. The molecule has 2 unspecified atom stereocenters. The molecule has 2 aromatic carbocycles. The number of rotatable bonds is 4. The molecule has 2 atom stereocenters. The van der Waals surface area contributed by atoms with E-state index in [0.717, 1.165) is 11.3 Å². The average Bonchev–Trinajstić information content (AvgIpc) is 2.41. The van der Waals surface area contributed by atoms with Gasteiger partial charge in [0.25, 0.3) is 0 Å². The van der Waals surface area contributed by atoms with Crippen molar-refractivity contribution < 1.29 is 9.84 Å². The van der Waals surface area contributed by atoms with E-state index in [1.807, 2.05) is 69.3 Å². The maximum absolute atomic E-state index is 10.3. The Hall–Kier alpha value is -1.80. The first-order chi connectivity index (χ1) is 9.06. The van der Waals surface area contributed by atoms with E-state index in [-0.39, 0.29) is 6.10 Å².